The lowest BCUT2D eigenvalue weighted by Gasteiger charge is -2.13. The summed E-state index contributed by atoms with van der Waals surface area (Å²) in [4.78, 5) is 0. The first-order valence-corrected chi connectivity index (χ1v) is 7.22. The Labute approximate surface area is 136 Å². The predicted octanol–water partition coefficient (Wildman–Crippen LogP) is 5.80. The van der Waals surface area contributed by atoms with E-state index in [0.717, 1.165) is 17.7 Å². The van der Waals surface area contributed by atoms with Crippen LogP contribution in [-0.2, 0) is 6.42 Å². The Bertz CT molecular complexity index is 638. The van der Waals surface area contributed by atoms with Gasteiger partial charge in [0.25, 0.3) is 0 Å². The Morgan fingerprint density at radius 1 is 1.05 bits per heavy atom. The average molecular weight is 352 g/mol. The molecule has 2 aromatic rings. The molecule has 0 amide bonds. The standard InChI is InChI=1S/C15H11Cl3F2O/c1-21-9-6-13(19)15(14(20)7-9)12(18)5-8-2-3-10(16)11(17)4-8/h2-4,6-7,12H,5H2,1H3. The summed E-state index contributed by atoms with van der Waals surface area (Å²) in [6.45, 7) is 0. The molecule has 0 fully saturated rings. The number of halogens is 5. The van der Waals surface area contributed by atoms with Gasteiger partial charge in [-0.25, -0.2) is 8.78 Å². The largest absolute Gasteiger partial charge is 0.497 e. The molecule has 1 nitrogen and oxygen atoms in total. The van der Waals surface area contributed by atoms with Crippen molar-refractivity contribution < 1.29 is 13.5 Å². The number of alkyl halides is 1. The lowest BCUT2D eigenvalue weighted by molar-refractivity contribution is 0.405. The zero-order valence-corrected chi connectivity index (χ0v) is 13.2. The van der Waals surface area contributed by atoms with Gasteiger partial charge >= 0.3 is 0 Å². The van der Waals surface area contributed by atoms with E-state index in [1.807, 2.05) is 0 Å². The van der Waals surface area contributed by atoms with Crippen LogP contribution in [0.4, 0.5) is 8.78 Å². The van der Waals surface area contributed by atoms with Gasteiger partial charge < -0.3 is 4.74 Å². The van der Waals surface area contributed by atoms with Gasteiger partial charge in [0, 0.05) is 17.7 Å². The second-order valence-electron chi connectivity index (χ2n) is 4.42. The SMILES string of the molecule is COc1cc(F)c(C(Cl)Cc2ccc(Cl)c(Cl)c2)c(F)c1. The van der Waals surface area contributed by atoms with Gasteiger partial charge in [-0.2, -0.15) is 0 Å². The van der Waals surface area contributed by atoms with Gasteiger partial charge in [0.15, 0.2) is 0 Å². The zero-order valence-electron chi connectivity index (χ0n) is 11.0. The Morgan fingerprint density at radius 2 is 1.67 bits per heavy atom. The van der Waals surface area contributed by atoms with Crippen LogP contribution in [0.3, 0.4) is 0 Å². The number of methoxy groups -OCH3 is 1. The summed E-state index contributed by atoms with van der Waals surface area (Å²) in [7, 11) is 1.34. The summed E-state index contributed by atoms with van der Waals surface area (Å²) < 4.78 is 32.7. The molecule has 0 N–H and O–H groups in total. The molecule has 0 saturated carbocycles. The van der Waals surface area contributed by atoms with Crippen molar-refractivity contribution in [2.45, 2.75) is 11.8 Å². The van der Waals surface area contributed by atoms with Crippen molar-refractivity contribution in [3.8, 4) is 5.75 Å². The maximum absolute atomic E-state index is 13.9. The molecule has 2 rings (SSSR count). The van der Waals surface area contributed by atoms with Crippen LogP contribution < -0.4 is 4.74 Å². The summed E-state index contributed by atoms with van der Waals surface area (Å²) in [5.41, 5.74) is 0.544. The van der Waals surface area contributed by atoms with Crippen LogP contribution in [-0.4, -0.2) is 7.11 Å². The van der Waals surface area contributed by atoms with E-state index in [9.17, 15) is 8.78 Å². The Morgan fingerprint density at radius 3 is 2.19 bits per heavy atom. The van der Waals surface area contributed by atoms with Gasteiger partial charge in [0.1, 0.15) is 17.4 Å². The molecular weight excluding hydrogens is 341 g/mol. The maximum Gasteiger partial charge on any atom is 0.134 e. The number of benzene rings is 2. The van der Waals surface area contributed by atoms with Crippen LogP contribution in [0.1, 0.15) is 16.5 Å². The van der Waals surface area contributed by atoms with Crippen molar-refractivity contribution >= 4 is 34.8 Å². The first kappa shape index (κ1) is 16.3. The molecule has 6 heteroatoms. The van der Waals surface area contributed by atoms with E-state index in [-0.39, 0.29) is 17.7 Å². The molecule has 0 radical (unpaired) electrons. The van der Waals surface area contributed by atoms with E-state index in [1.165, 1.54) is 7.11 Å². The summed E-state index contributed by atoms with van der Waals surface area (Å²) in [5, 5.41) is -0.0878. The highest BCUT2D eigenvalue weighted by Gasteiger charge is 2.20. The molecule has 0 bridgehead atoms. The molecule has 21 heavy (non-hydrogen) atoms. The highest BCUT2D eigenvalue weighted by molar-refractivity contribution is 6.42. The third-order valence-corrected chi connectivity index (χ3v) is 4.11. The number of hydrogen-bond acceptors (Lipinski definition) is 1. The minimum atomic E-state index is -0.867. The smallest absolute Gasteiger partial charge is 0.134 e. The first-order chi connectivity index (χ1) is 9.92. The highest BCUT2D eigenvalue weighted by atomic mass is 35.5. The Balaban J connectivity index is 2.27. The maximum atomic E-state index is 13.9. The van der Waals surface area contributed by atoms with E-state index in [4.69, 9.17) is 39.5 Å². The summed E-state index contributed by atoms with van der Waals surface area (Å²) in [6.07, 6.45) is 0.221. The summed E-state index contributed by atoms with van der Waals surface area (Å²) >= 11 is 17.9. The fourth-order valence-corrected chi connectivity index (χ4v) is 2.66. The number of ether oxygens (including phenoxy) is 1. The average Bonchev–Trinajstić information content (AvgIpc) is 2.42. The van der Waals surface area contributed by atoms with Gasteiger partial charge in [-0.1, -0.05) is 29.3 Å². The van der Waals surface area contributed by atoms with E-state index >= 15 is 0 Å². The van der Waals surface area contributed by atoms with Crippen molar-refractivity contribution in [1.82, 2.24) is 0 Å². The molecule has 112 valence electrons. The van der Waals surface area contributed by atoms with Crippen LogP contribution in [0.15, 0.2) is 30.3 Å². The monoisotopic (exact) mass is 350 g/mol. The fraction of sp³-hybridized carbons (Fsp3) is 0.200. The first-order valence-electron chi connectivity index (χ1n) is 6.03. The van der Waals surface area contributed by atoms with Crippen LogP contribution in [0, 0.1) is 11.6 Å². The minimum absolute atomic E-state index is 0.104. The van der Waals surface area contributed by atoms with Gasteiger partial charge in [-0.05, 0) is 24.1 Å². The molecule has 0 aliphatic rings. The van der Waals surface area contributed by atoms with Crippen molar-refractivity contribution in [2.75, 3.05) is 7.11 Å². The zero-order chi connectivity index (χ0) is 15.6. The number of hydrogen-bond donors (Lipinski definition) is 0. The van der Waals surface area contributed by atoms with E-state index in [0.29, 0.717) is 10.0 Å². The molecular formula is C15H11Cl3F2O. The molecule has 2 aromatic carbocycles. The molecule has 1 atom stereocenters. The van der Waals surface area contributed by atoms with Gasteiger partial charge in [0.2, 0.25) is 0 Å². The van der Waals surface area contributed by atoms with Crippen molar-refractivity contribution in [3.05, 3.63) is 63.1 Å². The topological polar surface area (TPSA) is 9.23 Å². The summed E-state index contributed by atoms with van der Waals surface area (Å²) in [5.74, 6) is -1.38. The van der Waals surface area contributed by atoms with Crippen molar-refractivity contribution in [1.29, 1.82) is 0 Å². The minimum Gasteiger partial charge on any atom is -0.497 e. The molecule has 0 saturated heterocycles. The third kappa shape index (κ3) is 3.79. The molecule has 0 heterocycles. The van der Waals surface area contributed by atoms with E-state index in [2.05, 4.69) is 0 Å². The van der Waals surface area contributed by atoms with E-state index in [1.54, 1.807) is 18.2 Å². The van der Waals surface area contributed by atoms with Crippen molar-refractivity contribution in [3.63, 3.8) is 0 Å². The van der Waals surface area contributed by atoms with Crippen LogP contribution in [0.2, 0.25) is 10.0 Å². The lowest BCUT2D eigenvalue weighted by Crippen LogP contribution is -2.03. The van der Waals surface area contributed by atoms with Crippen LogP contribution >= 0.6 is 34.8 Å². The molecule has 0 aliphatic carbocycles. The fourth-order valence-electron chi connectivity index (χ4n) is 1.95. The Hall–Kier alpha value is -1.03. The highest BCUT2D eigenvalue weighted by Crippen LogP contribution is 2.33. The quantitative estimate of drug-likeness (QED) is 0.632. The number of rotatable bonds is 4. The van der Waals surface area contributed by atoms with Crippen LogP contribution in [0.25, 0.3) is 0 Å². The Kier molecular flexibility index (Phi) is 5.31. The molecule has 0 aromatic heterocycles. The van der Waals surface area contributed by atoms with Gasteiger partial charge in [-0.3, -0.25) is 0 Å². The third-order valence-electron chi connectivity index (χ3n) is 3.00. The van der Waals surface area contributed by atoms with Gasteiger partial charge in [-0.15, -0.1) is 11.6 Å². The second-order valence-corrected chi connectivity index (χ2v) is 5.77. The molecule has 1 unspecified atom stereocenters. The summed E-state index contributed by atoms with van der Waals surface area (Å²) in [6, 6.07) is 7.15. The normalized spacial score (nSPS) is 12.3. The van der Waals surface area contributed by atoms with Gasteiger partial charge in [0.05, 0.1) is 22.5 Å². The van der Waals surface area contributed by atoms with E-state index < -0.39 is 17.0 Å². The molecule has 0 aliphatic heterocycles. The second kappa shape index (κ2) is 6.82. The lowest BCUT2D eigenvalue weighted by atomic mass is 10.0. The molecule has 0 spiro atoms. The van der Waals surface area contributed by atoms with Crippen LogP contribution in [0.5, 0.6) is 5.75 Å². The van der Waals surface area contributed by atoms with Crippen molar-refractivity contribution in [2.24, 2.45) is 0 Å². The predicted molar refractivity (Wildman–Crippen MR) is 81.7 cm³/mol.